The van der Waals surface area contributed by atoms with Crippen molar-refractivity contribution in [1.29, 1.82) is 0 Å². The van der Waals surface area contributed by atoms with E-state index in [2.05, 4.69) is 0 Å². The first-order chi connectivity index (χ1) is 7.94. The predicted octanol–water partition coefficient (Wildman–Crippen LogP) is -0.140. The van der Waals surface area contributed by atoms with Gasteiger partial charge >= 0.3 is 11.9 Å². The van der Waals surface area contributed by atoms with Crippen molar-refractivity contribution in [3.63, 3.8) is 0 Å². The topological polar surface area (TPSA) is 130 Å². The van der Waals surface area contributed by atoms with Crippen LogP contribution in [0.1, 0.15) is 13.3 Å². The zero-order valence-electron chi connectivity index (χ0n) is 10.8. The molecule has 18 heavy (non-hydrogen) atoms. The minimum absolute atomic E-state index is 0.144. The van der Waals surface area contributed by atoms with Crippen LogP contribution in [-0.2, 0) is 14.3 Å². The molecule has 0 aliphatic heterocycles. The van der Waals surface area contributed by atoms with Gasteiger partial charge in [-0.15, -0.1) is 0 Å². The predicted molar refractivity (Wildman–Crippen MR) is 61.1 cm³/mol. The van der Waals surface area contributed by atoms with Crippen LogP contribution in [0.4, 0.5) is 0 Å². The van der Waals surface area contributed by atoms with E-state index in [9.17, 15) is 9.59 Å². The maximum atomic E-state index is 10.7. The fourth-order valence-corrected chi connectivity index (χ4v) is 1.18. The van der Waals surface area contributed by atoms with Gasteiger partial charge in [0.25, 0.3) is 0 Å². The van der Waals surface area contributed by atoms with E-state index in [-0.39, 0.29) is 6.42 Å². The highest BCUT2D eigenvalue weighted by molar-refractivity contribution is 5.69. The van der Waals surface area contributed by atoms with Crippen molar-refractivity contribution in [2.75, 3.05) is 27.7 Å². The Labute approximate surface area is 104 Å². The van der Waals surface area contributed by atoms with Crippen molar-refractivity contribution < 1.29 is 29.0 Å². The lowest BCUT2D eigenvalue weighted by Crippen LogP contribution is -2.43. The smallest absolute Gasteiger partial charge is 0.307 e. The third-order valence-corrected chi connectivity index (χ3v) is 1.49. The second kappa shape index (κ2) is 8.23. The van der Waals surface area contributed by atoms with E-state index < -0.39 is 23.1 Å². The second-order valence-electron chi connectivity index (χ2n) is 4.53. The van der Waals surface area contributed by atoms with Gasteiger partial charge in [-0.2, -0.15) is 0 Å². The summed E-state index contributed by atoms with van der Waals surface area (Å²) in [6.45, 7) is 1.77. The molecule has 0 amide bonds. The molecule has 0 aliphatic rings. The Morgan fingerprint density at radius 2 is 1.72 bits per heavy atom. The van der Waals surface area contributed by atoms with E-state index in [1.165, 1.54) is 6.92 Å². The number of carboxylic acids is 1. The molecule has 0 aromatic heterocycles. The van der Waals surface area contributed by atoms with Crippen LogP contribution >= 0.6 is 0 Å². The first kappa shape index (κ1) is 18.5. The molecule has 0 aromatic rings. The van der Waals surface area contributed by atoms with E-state index in [1.54, 1.807) is 0 Å². The lowest BCUT2D eigenvalue weighted by atomic mass is 10.2. The molecule has 0 rings (SSSR count). The number of ether oxygens (including phenoxy) is 1. The number of hydrogen-bond donors (Lipinski definition) is 1. The molecule has 1 atom stereocenters. The van der Waals surface area contributed by atoms with Crippen LogP contribution in [0, 0.1) is 15.3 Å². The fraction of sp³-hybridized carbons (Fsp3) is 0.778. The molecule has 0 saturated carbocycles. The zero-order chi connectivity index (χ0) is 14.9. The molecule has 0 aromatic carbocycles. The molecule has 0 saturated heterocycles. The third kappa shape index (κ3) is 19.6. The van der Waals surface area contributed by atoms with Gasteiger partial charge in [-0.1, -0.05) is 0 Å². The third-order valence-electron chi connectivity index (χ3n) is 1.49. The van der Waals surface area contributed by atoms with E-state index >= 15 is 0 Å². The van der Waals surface area contributed by atoms with Gasteiger partial charge < -0.3 is 29.6 Å². The van der Waals surface area contributed by atoms with Gasteiger partial charge in [0, 0.05) is 6.92 Å². The van der Waals surface area contributed by atoms with Crippen molar-refractivity contribution in [2.24, 2.45) is 0 Å². The molecule has 0 spiro atoms. The van der Waals surface area contributed by atoms with Crippen LogP contribution in [0.3, 0.4) is 0 Å². The van der Waals surface area contributed by atoms with Crippen molar-refractivity contribution in [2.45, 2.75) is 19.4 Å². The maximum Gasteiger partial charge on any atom is 0.307 e. The standard InChI is InChI=1S/C9H17NO4.NO3/c1-7(11)14-8(5-9(12)13)6-10(2,3)4;2-1(3)4/h8H,5-6H2,1-4H3;/q;-1/p+1/t8-;/m1./s1. The summed E-state index contributed by atoms with van der Waals surface area (Å²) in [5.41, 5.74) is 0. The molecule has 0 aliphatic carbocycles. The summed E-state index contributed by atoms with van der Waals surface area (Å²) >= 11 is 0. The molecule has 0 bridgehead atoms. The summed E-state index contributed by atoms with van der Waals surface area (Å²) in [5.74, 6) is -1.39. The van der Waals surface area contributed by atoms with Crippen LogP contribution in [0.5, 0.6) is 0 Å². The minimum Gasteiger partial charge on any atom is -0.481 e. The second-order valence-corrected chi connectivity index (χ2v) is 4.53. The van der Waals surface area contributed by atoms with Crippen LogP contribution in [0.15, 0.2) is 0 Å². The Hall–Kier alpha value is -1.90. The Morgan fingerprint density at radius 3 is 1.94 bits per heavy atom. The van der Waals surface area contributed by atoms with Crippen molar-refractivity contribution >= 4 is 11.9 Å². The van der Waals surface area contributed by atoms with E-state index in [0.29, 0.717) is 11.0 Å². The van der Waals surface area contributed by atoms with Crippen LogP contribution in [0.25, 0.3) is 0 Å². The number of aliphatic carboxylic acids is 1. The quantitative estimate of drug-likeness (QED) is 0.317. The van der Waals surface area contributed by atoms with Crippen LogP contribution in [0.2, 0.25) is 0 Å². The lowest BCUT2D eigenvalue weighted by Gasteiger charge is -2.28. The molecule has 0 heterocycles. The number of carbonyl (C=O) groups is 2. The fourth-order valence-electron chi connectivity index (χ4n) is 1.18. The zero-order valence-corrected chi connectivity index (χ0v) is 10.8. The number of carboxylic acid groups (broad SMARTS) is 1. The number of likely N-dealkylation sites (N-methyl/N-ethyl adjacent to an activating group) is 1. The molecular weight excluding hydrogens is 248 g/mol. The van der Waals surface area contributed by atoms with Crippen molar-refractivity contribution in [1.82, 2.24) is 0 Å². The summed E-state index contributed by atoms with van der Waals surface area (Å²) in [7, 11) is 5.75. The van der Waals surface area contributed by atoms with E-state index in [4.69, 9.17) is 25.2 Å². The van der Waals surface area contributed by atoms with Gasteiger partial charge in [0.1, 0.15) is 6.54 Å². The van der Waals surface area contributed by atoms with Crippen LogP contribution in [-0.4, -0.2) is 60.4 Å². The molecule has 0 unspecified atom stereocenters. The molecule has 9 nitrogen and oxygen atoms in total. The Bertz CT molecular complexity index is 278. The number of hydrogen-bond acceptors (Lipinski definition) is 6. The normalized spacial score (nSPS) is 11.8. The van der Waals surface area contributed by atoms with Gasteiger partial charge in [-0.3, -0.25) is 9.59 Å². The highest BCUT2D eigenvalue weighted by Gasteiger charge is 2.23. The van der Waals surface area contributed by atoms with Crippen LogP contribution < -0.4 is 0 Å². The first-order valence-electron chi connectivity index (χ1n) is 4.95. The summed E-state index contributed by atoms with van der Waals surface area (Å²) < 4.78 is 5.46. The largest absolute Gasteiger partial charge is 0.481 e. The number of rotatable bonds is 5. The molecule has 1 N–H and O–H groups in total. The molecule has 106 valence electrons. The molecule has 0 fully saturated rings. The SMILES string of the molecule is CC(=O)O[C@H](CC(=O)O)C[N+](C)(C)C.O=[N+]([O-])[O-]. The number of nitrogens with zero attached hydrogens (tertiary/aromatic N) is 2. The van der Waals surface area contributed by atoms with Crippen molar-refractivity contribution in [3.8, 4) is 0 Å². The number of carbonyl (C=O) groups excluding carboxylic acids is 1. The highest BCUT2D eigenvalue weighted by Crippen LogP contribution is 2.04. The summed E-state index contributed by atoms with van der Waals surface area (Å²) in [6, 6.07) is 0. The van der Waals surface area contributed by atoms with E-state index in [0.717, 1.165) is 0 Å². The van der Waals surface area contributed by atoms with Gasteiger partial charge in [-0.05, 0) is 0 Å². The molecule has 9 heteroatoms. The monoisotopic (exact) mass is 266 g/mol. The van der Waals surface area contributed by atoms with Gasteiger partial charge in [-0.25, -0.2) is 0 Å². The van der Waals surface area contributed by atoms with Gasteiger partial charge in [0.05, 0.1) is 32.7 Å². The minimum atomic E-state index is -1.75. The van der Waals surface area contributed by atoms with Crippen molar-refractivity contribution in [3.05, 3.63) is 15.3 Å². The lowest BCUT2D eigenvalue weighted by molar-refractivity contribution is -0.873. The average Bonchev–Trinajstić information content (AvgIpc) is 1.94. The Morgan fingerprint density at radius 1 is 1.33 bits per heavy atom. The maximum absolute atomic E-state index is 10.7. The van der Waals surface area contributed by atoms with Gasteiger partial charge in [0.2, 0.25) is 0 Å². The summed E-state index contributed by atoms with van der Waals surface area (Å²) in [6.07, 6.45) is -0.695. The Kier molecular flexibility index (Phi) is 8.44. The summed E-state index contributed by atoms with van der Waals surface area (Å²) in [5, 5.41) is 23.3. The first-order valence-corrected chi connectivity index (χ1v) is 4.95. The molecular formula is C9H18N2O7. The summed E-state index contributed by atoms with van der Waals surface area (Å²) in [4.78, 5) is 29.4. The average molecular weight is 266 g/mol. The van der Waals surface area contributed by atoms with E-state index in [1.807, 2.05) is 21.1 Å². The molecule has 0 radical (unpaired) electrons. The Balaban J connectivity index is 0. The number of esters is 1. The van der Waals surface area contributed by atoms with Gasteiger partial charge in [0.15, 0.2) is 6.10 Å². The number of quaternary nitrogens is 1. The highest BCUT2D eigenvalue weighted by atomic mass is 16.9.